The van der Waals surface area contributed by atoms with Crippen molar-refractivity contribution < 1.29 is 13.6 Å². The third-order valence-electron chi connectivity index (χ3n) is 3.81. The molecule has 2 rings (SSSR count). The lowest BCUT2D eigenvalue weighted by Crippen LogP contribution is -2.44. The predicted octanol–water partition coefficient (Wildman–Crippen LogP) is 2.70. The van der Waals surface area contributed by atoms with Gasteiger partial charge in [0.1, 0.15) is 0 Å². The average Bonchev–Trinajstić information content (AvgIpc) is 2.48. The summed E-state index contributed by atoms with van der Waals surface area (Å²) in [6, 6.07) is 3.44. The van der Waals surface area contributed by atoms with Gasteiger partial charge in [0, 0.05) is 24.7 Å². The molecule has 3 nitrogen and oxygen atoms in total. The van der Waals surface area contributed by atoms with Crippen LogP contribution in [-0.2, 0) is 0 Å². The molecule has 1 fully saturated rings. The highest BCUT2D eigenvalue weighted by Crippen LogP contribution is 2.24. The maximum atomic E-state index is 13.3. The number of halogens is 2. The minimum atomic E-state index is -0.993. The molecular weight excluding hydrogens is 262 g/mol. The van der Waals surface area contributed by atoms with E-state index in [0.717, 1.165) is 37.8 Å². The Morgan fingerprint density at radius 1 is 1.20 bits per heavy atom. The Labute approximate surface area is 117 Å². The van der Waals surface area contributed by atoms with Gasteiger partial charge in [0.05, 0.1) is 0 Å². The molecule has 0 unspecified atom stereocenters. The van der Waals surface area contributed by atoms with Crippen molar-refractivity contribution in [2.24, 2.45) is 5.73 Å². The van der Waals surface area contributed by atoms with Crippen LogP contribution in [0, 0.1) is 11.6 Å². The molecular formula is C15H20F2N2O. The molecule has 0 atom stereocenters. The van der Waals surface area contributed by atoms with Crippen molar-refractivity contribution >= 4 is 5.91 Å². The first kappa shape index (κ1) is 14.9. The summed E-state index contributed by atoms with van der Waals surface area (Å²) in [5.41, 5.74) is 5.76. The van der Waals surface area contributed by atoms with Crippen LogP contribution in [0.2, 0.25) is 0 Å². The second-order valence-corrected chi connectivity index (χ2v) is 5.21. The molecule has 2 N–H and O–H groups in total. The van der Waals surface area contributed by atoms with E-state index in [0.29, 0.717) is 13.1 Å². The van der Waals surface area contributed by atoms with Crippen LogP contribution in [0.1, 0.15) is 42.5 Å². The standard InChI is InChI=1S/C15H20F2N2O/c16-13-7-6-11(10-14(13)17)15(20)19(9-8-18)12-4-2-1-3-5-12/h6-7,10,12H,1-5,8-9,18H2. The van der Waals surface area contributed by atoms with E-state index in [9.17, 15) is 13.6 Å². The zero-order valence-electron chi connectivity index (χ0n) is 11.4. The molecule has 0 aliphatic heterocycles. The van der Waals surface area contributed by atoms with Gasteiger partial charge < -0.3 is 10.6 Å². The van der Waals surface area contributed by atoms with Crippen LogP contribution in [0.5, 0.6) is 0 Å². The smallest absolute Gasteiger partial charge is 0.254 e. The summed E-state index contributed by atoms with van der Waals surface area (Å²) in [6.45, 7) is 0.814. The summed E-state index contributed by atoms with van der Waals surface area (Å²) in [4.78, 5) is 14.2. The fourth-order valence-electron chi connectivity index (χ4n) is 2.78. The largest absolute Gasteiger partial charge is 0.334 e. The molecule has 0 radical (unpaired) electrons. The Bertz CT molecular complexity index is 473. The van der Waals surface area contributed by atoms with Crippen molar-refractivity contribution in [3.8, 4) is 0 Å². The summed E-state index contributed by atoms with van der Waals surface area (Å²) in [7, 11) is 0. The molecule has 1 amide bonds. The van der Waals surface area contributed by atoms with Gasteiger partial charge in [0.2, 0.25) is 0 Å². The summed E-state index contributed by atoms with van der Waals surface area (Å²) in [5.74, 6) is -2.20. The van der Waals surface area contributed by atoms with E-state index in [1.807, 2.05) is 0 Å². The quantitative estimate of drug-likeness (QED) is 0.923. The lowest BCUT2D eigenvalue weighted by Gasteiger charge is -2.34. The molecule has 1 aromatic carbocycles. The fraction of sp³-hybridized carbons (Fsp3) is 0.533. The van der Waals surface area contributed by atoms with Gasteiger partial charge in [-0.1, -0.05) is 19.3 Å². The first-order chi connectivity index (χ1) is 9.63. The van der Waals surface area contributed by atoms with Crippen LogP contribution in [-0.4, -0.2) is 29.9 Å². The molecule has 1 aliphatic carbocycles. The Morgan fingerprint density at radius 2 is 1.90 bits per heavy atom. The number of rotatable bonds is 4. The van der Waals surface area contributed by atoms with Gasteiger partial charge in [-0.05, 0) is 31.0 Å². The Morgan fingerprint density at radius 3 is 2.50 bits per heavy atom. The van der Waals surface area contributed by atoms with Crippen LogP contribution in [0.15, 0.2) is 18.2 Å². The van der Waals surface area contributed by atoms with Crippen molar-refractivity contribution in [1.29, 1.82) is 0 Å². The molecule has 0 saturated heterocycles. The zero-order valence-corrected chi connectivity index (χ0v) is 11.4. The average molecular weight is 282 g/mol. The van der Waals surface area contributed by atoms with Crippen LogP contribution < -0.4 is 5.73 Å². The summed E-state index contributed by atoms with van der Waals surface area (Å²) in [5, 5.41) is 0. The molecule has 0 bridgehead atoms. The van der Waals surface area contributed by atoms with Crippen LogP contribution in [0.3, 0.4) is 0 Å². The molecule has 0 spiro atoms. The monoisotopic (exact) mass is 282 g/mol. The van der Waals surface area contributed by atoms with E-state index < -0.39 is 11.6 Å². The minimum absolute atomic E-state index is 0.160. The Kier molecular flexibility index (Phi) is 5.06. The fourth-order valence-corrected chi connectivity index (χ4v) is 2.78. The highest BCUT2D eigenvalue weighted by atomic mass is 19.2. The van der Waals surface area contributed by atoms with Crippen LogP contribution in [0.4, 0.5) is 8.78 Å². The SMILES string of the molecule is NCCN(C(=O)c1ccc(F)c(F)c1)C1CCCCC1. The number of nitrogens with zero attached hydrogens (tertiary/aromatic N) is 1. The van der Waals surface area contributed by atoms with E-state index in [1.54, 1.807) is 4.90 Å². The van der Waals surface area contributed by atoms with Gasteiger partial charge in [-0.15, -0.1) is 0 Å². The minimum Gasteiger partial charge on any atom is -0.334 e. The predicted molar refractivity (Wildman–Crippen MR) is 73.3 cm³/mol. The van der Waals surface area contributed by atoms with Gasteiger partial charge in [0.15, 0.2) is 11.6 Å². The second-order valence-electron chi connectivity index (χ2n) is 5.21. The number of carbonyl (C=O) groups excluding carboxylic acids is 1. The van der Waals surface area contributed by atoms with Crippen molar-refractivity contribution in [2.75, 3.05) is 13.1 Å². The lowest BCUT2D eigenvalue weighted by molar-refractivity contribution is 0.0641. The number of benzene rings is 1. The van der Waals surface area contributed by atoms with Crippen molar-refractivity contribution in [3.05, 3.63) is 35.4 Å². The van der Waals surface area contributed by atoms with Crippen LogP contribution in [0.25, 0.3) is 0 Å². The first-order valence-electron chi connectivity index (χ1n) is 7.09. The molecule has 20 heavy (non-hydrogen) atoms. The van der Waals surface area contributed by atoms with E-state index in [-0.39, 0.29) is 17.5 Å². The molecule has 1 saturated carbocycles. The second kappa shape index (κ2) is 6.79. The van der Waals surface area contributed by atoms with Gasteiger partial charge in [0.25, 0.3) is 5.91 Å². The van der Waals surface area contributed by atoms with Crippen LogP contribution >= 0.6 is 0 Å². The van der Waals surface area contributed by atoms with Crippen molar-refractivity contribution in [3.63, 3.8) is 0 Å². The van der Waals surface area contributed by atoms with Gasteiger partial charge in [-0.25, -0.2) is 8.78 Å². The molecule has 1 aliphatic rings. The number of carbonyl (C=O) groups is 1. The van der Waals surface area contributed by atoms with Gasteiger partial charge in [-0.3, -0.25) is 4.79 Å². The maximum absolute atomic E-state index is 13.3. The maximum Gasteiger partial charge on any atom is 0.254 e. The van der Waals surface area contributed by atoms with E-state index >= 15 is 0 Å². The molecule has 0 aromatic heterocycles. The third-order valence-corrected chi connectivity index (χ3v) is 3.81. The number of hydrogen-bond donors (Lipinski definition) is 1. The number of hydrogen-bond acceptors (Lipinski definition) is 2. The Balaban J connectivity index is 2.18. The highest BCUT2D eigenvalue weighted by molar-refractivity contribution is 5.94. The van der Waals surface area contributed by atoms with Crippen molar-refractivity contribution in [1.82, 2.24) is 4.90 Å². The Hall–Kier alpha value is -1.49. The van der Waals surface area contributed by atoms with Crippen molar-refractivity contribution in [2.45, 2.75) is 38.1 Å². The first-order valence-corrected chi connectivity index (χ1v) is 7.09. The lowest BCUT2D eigenvalue weighted by atomic mass is 9.93. The topological polar surface area (TPSA) is 46.3 Å². The molecule has 5 heteroatoms. The van der Waals surface area contributed by atoms with Gasteiger partial charge in [-0.2, -0.15) is 0 Å². The number of amides is 1. The normalized spacial score (nSPS) is 16.1. The zero-order chi connectivity index (χ0) is 14.5. The number of nitrogens with two attached hydrogens (primary N) is 1. The van der Waals surface area contributed by atoms with E-state index in [4.69, 9.17) is 5.73 Å². The van der Waals surface area contributed by atoms with E-state index in [1.165, 1.54) is 12.5 Å². The molecule has 0 heterocycles. The third kappa shape index (κ3) is 3.33. The summed E-state index contributed by atoms with van der Waals surface area (Å²) < 4.78 is 26.2. The summed E-state index contributed by atoms with van der Waals surface area (Å²) >= 11 is 0. The summed E-state index contributed by atoms with van der Waals surface area (Å²) in [6.07, 6.45) is 5.28. The van der Waals surface area contributed by atoms with Gasteiger partial charge >= 0.3 is 0 Å². The highest BCUT2D eigenvalue weighted by Gasteiger charge is 2.26. The molecule has 1 aromatic rings. The molecule has 110 valence electrons. The van der Waals surface area contributed by atoms with E-state index in [2.05, 4.69) is 0 Å².